The number of hydrogen-bond donors (Lipinski definition) is 2. The molecule has 0 radical (unpaired) electrons. The van der Waals surface area contributed by atoms with E-state index in [0.717, 1.165) is 22.7 Å². The van der Waals surface area contributed by atoms with Crippen molar-refractivity contribution in [2.75, 3.05) is 12.4 Å². The average molecular weight is 447 g/mol. The van der Waals surface area contributed by atoms with Crippen LogP contribution in [0.3, 0.4) is 0 Å². The highest BCUT2D eigenvalue weighted by molar-refractivity contribution is 7.99. The summed E-state index contributed by atoms with van der Waals surface area (Å²) in [6.07, 6.45) is 0. The smallest absolute Gasteiger partial charge is 0.276 e. The number of amides is 2. The largest absolute Gasteiger partial charge is 0.484 e. The number of benzene rings is 2. The fourth-order valence-corrected chi connectivity index (χ4v) is 3.68. The van der Waals surface area contributed by atoms with E-state index in [-0.39, 0.29) is 18.3 Å². The van der Waals surface area contributed by atoms with Gasteiger partial charge in [-0.05, 0) is 42.3 Å². The van der Waals surface area contributed by atoms with Gasteiger partial charge in [0, 0.05) is 11.6 Å². The molecule has 7 nitrogen and oxygen atoms in total. The molecule has 0 spiro atoms. The van der Waals surface area contributed by atoms with Crippen molar-refractivity contribution >= 4 is 46.2 Å². The van der Waals surface area contributed by atoms with Crippen molar-refractivity contribution in [3.63, 3.8) is 0 Å². The summed E-state index contributed by atoms with van der Waals surface area (Å²) in [5, 5.41) is 1.36. The van der Waals surface area contributed by atoms with Crippen LogP contribution in [0.5, 0.6) is 5.75 Å². The van der Waals surface area contributed by atoms with E-state index in [4.69, 9.17) is 16.3 Å². The summed E-state index contributed by atoms with van der Waals surface area (Å²) < 4.78 is 7.45. The van der Waals surface area contributed by atoms with Gasteiger partial charge in [-0.25, -0.2) is 4.98 Å². The third-order valence-corrected chi connectivity index (χ3v) is 5.25. The van der Waals surface area contributed by atoms with Crippen LogP contribution in [0, 0.1) is 5.92 Å². The van der Waals surface area contributed by atoms with E-state index in [1.165, 1.54) is 11.8 Å². The van der Waals surface area contributed by atoms with Gasteiger partial charge in [-0.1, -0.05) is 49.3 Å². The van der Waals surface area contributed by atoms with Gasteiger partial charge < -0.3 is 9.30 Å². The molecule has 2 amide bonds. The molecule has 0 aliphatic heterocycles. The van der Waals surface area contributed by atoms with Crippen LogP contribution < -0.4 is 15.6 Å². The maximum absolute atomic E-state index is 12.1. The van der Waals surface area contributed by atoms with Crippen LogP contribution >= 0.6 is 23.4 Å². The van der Waals surface area contributed by atoms with Crippen LogP contribution in [-0.4, -0.2) is 33.7 Å². The van der Waals surface area contributed by atoms with Gasteiger partial charge in [-0.2, -0.15) is 0 Å². The Labute approximate surface area is 184 Å². The molecule has 0 unspecified atom stereocenters. The number of fused-ring (bicyclic) bond motifs is 1. The summed E-state index contributed by atoms with van der Waals surface area (Å²) >= 11 is 7.13. The molecule has 2 aromatic carbocycles. The number of carbonyl (C=O) groups excluding carboxylic acids is 2. The number of carbonyl (C=O) groups is 2. The van der Waals surface area contributed by atoms with E-state index in [2.05, 4.69) is 34.3 Å². The monoisotopic (exact) mass is 446 g/mol. The van der Waals surface area contributed by atoms with Crippen molar-refractivity contribution in [2.45, 2.75) is 25.5 Å². The number of rotatable bonds is 8. The van der Waals surface area contributed by atoms with E-state index in [9.17, 15) is 9.59 Å². The highest BCUT2D eigenvalue weighted by Crippen LogP contribution is 2.25. The molecule has 3 rings (SSSR count). The van der Waals surface area contributed by atoms with Crippen LogP contribution in [0.4, 0.5) is 0 Å². The lowest BCUT2D eigenvalue weighted by atomic mass is 10.2. The fraction of sp³-hybridized carbons (Fsp3) is 0.286. The highest BCUT2D eigenvalue weighted by atomic mass is 35.5. The lowest BCUT2D eigenvalue weighted by Crippen LogP contribution is -2.44. The van der Waals surface area contributed by atoms with E-state index < -0.39 is 5.91 Å². The quantitative estimate of drug-likeness (QED) is 0.407. The molecule has 0 bridgehead atoms. The van der Waals surface area contributed by atoms with E-state index in [1.807, 2.05) is 24.3 Å². The molecule has 2 N–H and O–H groups in total. The molecule has 1 aromatic heterocycles. The topological polar surface area (TPSA) is 85.2 Å². The van der Waals surface area contributed by atoms with Crippen molar-refractivity contribution in [3.05, 3.63) is 53.6 Å². The number of imidazole rings is 1. The summed E-state index contributed by atoms with van der Waals surface area (Å²) in [6.45, 7) is 4.86. The number of nitrogens with one attached hydrogen (secondary N) is 2. The van der Waals surface area contributed by atoms with Gasteiger partial charge in [0.2, 0.25) is 5.91 Å². The Morgan fingerprint density at radius 1 is 1.10 bits per heavy atom. The lowest BCUT2D eigenvalue weighted by molar-refractivity contribution is -0.128. The Balaban J connectivity index is 1.48. The van der Waals surface area contributed by atoms with Gasteiger partial charge in [0.25, 0.3) is 5.91 Å². The van der Waals surface area contributed by atoms with Crippen LogP contribution in [0.25, 0.3) is 11.0 Å². The number of ether oxygens (including phenoxy) is 1. The maximum Gasteiger partial charge on any atom is 0.276 e. The van der Waals surface area contributed by atoms with Crippen molar-refractivity contribution < 1.29 is 14.3 Å². The Morgan fingerprint density at radius 2 is 1.80 bits per heavy atom. The number of thioether (sulfide) groups is 1. The first-order valence-electron chi connectivity index (χ1n) is 9.46. The number of hydrazine groups is 1. The number of hydrogen-bond acceptors (Lipinski definition) is 5. The summed E-state index contributed by atoms with van der Waals surface area (Å²) in [6, 6.07) is 14.6. The molecule has 0 fully saturated rings. The Morgan fingerprint density at radius 3 is 2.53 bits per heavy atom. The van der Waals surface area contributed by atoms with Crippen molar-refractivity contribution in [1.82, 2.24) is 20.4 Å². The van der Waals surface area contributed by atoms with Crippen molar-refractivity contribution in [3.8, 4) is 5.75 Å². The van der Waals surface area contributed by atoms with Gasteiger partial charge in [-0.3, -0.25) is 20.4 Å². The van der Waals surface area contributed by atoms with Crippen LogP contribution in [0.1, 0.15) is 13.8 Å². The van der Waals surface area contributed by atoms with E-state index in [0.29, 0.717) is 16.7 Å². The fourth-order valence-electron chi connectivity index (χ4n) is 2.73. The van der Waals surface area contributed by atoms with Crippen LogP contribution in [-0.2, 0) is 16.1 Å². The van der Waals surface area contributed by atoms with Gasteiger partial charge in [-0.15, -0.1) is 0 Å². The maximum atomic E-state index is 12.1. The SMILES string of the molecule is CC(C)Cn1c(SCC(=O)NNC(=O)COc2ccc(Cl)cc2)nc2ccccc21. The first-order valence-corrected chi connectivity index (χ1v) is 10.8. The van der Waals surface area contributed by atoms with Crippen LogP contribution in [0.2, 0.25) is 5.02 Å². The second-order valence-electron chi connectivity index (χ2n) is 7.02. The Bertz CT molecular complexity index is 1020. The van der Waals surface area contributed by atoms with Crippen molar-refractivity contribution in [1.29, 1.82) is 0 Å². The Hall–Kier alpha value is -2.71. The molecular formula is C21H23ClN4O3S. The minimum Gasteiger partial charge on any atom is -0.484 e. The first-order chi connectivity index (χ1) is 14.4. The highest BCUT2D eigenvalue weighted by Gasteiger charge is 2.14. The van der Waals surface area contributed by atoms with Crippen LogP contribution in [0.15, 0.2) is 53.7 Å². The zero-order valence-electron chi connectivity index (χ0n) is 16.7. The molecular weight excluding hydrogens is 424 g/mol. The molecule has 9 heteroatoms. The van der Waals surface area contributed by atoms with E-state index >= 15 is 0 Å². The van der Waals surface area contributed by atoms with E-state index in [1.54, 1.807) is 24.3 Å². The second-order valence-corrected chi connectivity index (χ2v) is 8.39. The average Bonchev–Trinajstić information content (AvgIpc) is 3.07. The number of para-hydroxylation sites is 2. The minimum atomic E-state index is -0.463. The van der Waals surface area contributed by atoms with Gasteiger partial charge in [0.1, 0.15) is 5.75 Å². The molecule has 0 aliphatic rings. The molecule has 0 saturated heterocycles. The molecule has 158 valence electrons. The van der Waals surface area contributed by atoms with Gasteiger partial charge in [0.05, 0.1) is 16.8 Å². The summed E-state index contributed by atoms with van der Waals surface area (Å²) in [4.78, 5) is 28.6. The van der Waals surface area contributed by atoms with Crippen molar-refractivity contribution in [2.24, 2.45) is 5.92 Å². The molecule has 0 atom stereocenters. The summed E-state index contributed by atoms with van der Waals surface area (Å²) in [5.41, 5.74) is 6.68. The first kappa shape index (κ1) is 22.0. The minimum absolute atomic E-state index is 0.125. The third-order valence-electron chi connectivity index (χ3n) is 4.02. The normalized spacial score (nSPS) is 10.9. The third kappa shape index (κ3) is 6.14. The Kier molecular flexibility index (Phi) is 7.59. The number of nitrogens with zero attached hydrogens (tertiary/aromatic N) is 2. The molecule has 30 heavy (non-hydrogen) atoms. The molecule has 0 aliphatic carbocycles. The number of aromatic nitrogens is 2. The molecule has 3 aromatic rings. The second kappa shape index (κ2) is 10.4. The lowest BCUT2D eigenvalue weighted by Gasteiger charge is -2.11. The zero-order chi connectivity index (χ0) is 21.5. The predicted molar refractivity (Wildman–Crippen MR) is 119 cm³/mol. The molecule has 1 heterocycles. The molecule has 0 saturated carbocycles. The number of halogens is 1. The standard InChI is InChI=1S/C21H23ClN4O3S/c1-14(2)11-26-18-6-4-3-5-17(18)23-21(26)30-13-20(28)25-24-19(27)12-29-16-9-7-15(22)8-10-16/h3-10,14H,11-13H2,1-2H3,(H,24,27)(H,25,28). The predicted octanol–water partition coefficient (Wildman–Crippen LogP) is 3.66. The van der Waals surface area contributed by atoms with Gasteiger partial charge in [0.15, 0.2) is 11.8 Å². The summed E-state index contributed by atoms with van der Waals surface area (Å²) in [7, 11) is 0. The summed E-state index contributed by atoms with van der Waals surface area (Å²) in [5.74, 6) is 0.286. The zero-order valence-corrected chi connectivity index (χ0v) is 18.3. The van der Waals surface area contributed by atoms with Gasteiger partial charge >= 0.3 is 0 Å².